The van der Waals surface area contributed by atoms with Crippen molar-refractivity contribution in [2.45, 2.75) is 26.9 Å². The molecule has 3 aromatic rings. The normalized spacial score (nSPS) is 14.5. The zero-order chi connectivity index (χ0) is 27.4. The molecule has 0 saturated carbocycles. The third kappa shape index (κ3) is 5.64. The van der Waals surface area contributed by atoms with Crippen LogP contribution >= 0.6 is 0 Å². The summed E-state index contributed by atoms with van der Waals surface area (Å²) in [4.78, 5) is 31.5. The number of H-pyrrole nitrogens is 1. The van der Waals surface area contributed by atoms with E-state index in [2.05, 4.69) is 20.5 Å². The predicted molar refractivity (Wildman–Crippen MR) is 147 cm³/mol. The summed E-state index contributed by atoms with van der Waals surface area (Å²) in [5.74, 6) is -0.502. The summed E-state index contributed by atoms with van der Waals surface area (Å²) in [7, 11) is 1.57. The fraction of sp³-hybridized carbons (Fsp3) is 0.310. The van der Waals surface area contributed by atoms with Gasteiger partial charge >= 0.3 is 0 Å². The zero-order valence-electron chi connectivity index (χ0n) is 22.0. The van der Waals surface area contributed by atoms with Gasteiger partial charge in [-0.25, -0.2) is 4.39 Å². The highest BCUT2D eigenvalue weighted by molar-refractivity contribution is 6.35. The molecule has 8 nitrogen and oxygen atoms in total. The number of aromatic amines is 1. The highest BCUT2D eigenvalue weighted by Crippen LogP contribution is 2.37. The summed E-state index contributed by atoms with van der Waals surface area (Å²) in [5.41, 5.74) is 4.11. The van der Waals surface area contributed by atoms with Crippen molar-refractivity contribution in [1.82, 2.24) is 15.2 Å². The fourth-order valence-electron chi connectivity index (χ4n) is 4.69. The SMILES string of the molecule is CCN(CC)CC(O)CNC(=O)c1c(C)[nH]c(C=C2C(=O)Nc3ccc(F)cc32)c1-c1ccc(OC)cc1. The van der Waals surface area contributed by atoms with Crippen LogP contribution in [0.4, 0.5) is 10.1 Å². The van der Waals surface area contributed by atoms with Crippen molar-refractivity contribution in [3.63, 3.8) is 0 Å². The van der Waals surface area contributed by atoms with Gasteiger partial charge in [-0.3, -0.25) is 9.59 Å². The number of aliphatic hydroxyl groups excluding tert-OH is 1. The highest BCUT2D eigenvalue weighted by Gasteiger charge is 2.27. The van der Waals surface area contributed by atoms with Crippen LogP contribution in [0.1, 0.15) is 41.2 Å². The van der Waals surface area contributed by atoms with E-state index in [-0.39, 0.29) is 23.9 Å². The van der Waals surface area contributed by atoms with E-state index < -0.39 is 11.9 Å². The Morgan fingerprint density at radius 2 is 1.89 bits per heavy atom. The topological polar surface area (TPSA) is 107 Å². The number of carbonyl (C=O) groups excluding carboxylic acids is 2. The number of likely N-dealkylation sites (N-methyl/N-ethyl adjacent to an activating group) is 1. The number of aryl methyl sites for hydroxylation is 1. The Hall–Kier alpha value is -3.95. The number of amides is 2. The van der Waals surface area contributed by atoms with Gasteiger partial charge in [0, 0.05) is 41.3 Å². The Morgan fingerprint density at radius 3 is 2.55 bits per heavy atom. The number of halogens is 1. The number of aliphatic hydroxyl groups is 1. The average molecular weight is 521 g/mol. The molecule has 0 saturated heterocycles. The first-order valence-electron chi connectivity index (χ1n) is 12.6. The number of rotatable bonds is 10. The molecule has 4 rings (SSSR count). The number of benzene rings is 2. The van der Waals surface area contributed by atoms with Crippen molar-refractivity contribution in [3.05, 3.63) is 70.8 Å². The van der Waals surface area contributed by atoms with Gasteiger partial charge in [-0.05, 0) is 62.0 Å². The second-order valence-electron chi connectivity index (χ2n) is 9.19. The molecule has 0 fully saturated rings. The average Bonchev–Trinajstić information content (AvgIpc) is 3.41. The number of methoxy groups -OCH3 is 1. The van der Waals surface area contributed by atoms with Gasteiger partial charge in [0.15, 0.2) is 0 Å². The van der Waals surface area contributed by atoms with E-state index in [1.165, 1.54) is 18.2 Å². The maximum absolute atomic E-state index is 14.0. The monoisotopic (exact) mass is 520 g/mol. The van der Waals surface area contributed by atoms with Gasteiger partial charge in [-0.2, -0.15) is 0 Å². The minimum absolute atomic E-state index is 0.0908. The number of nitrogens with zero attached hydrogens (tertiary/aromatic N) is 1. The molecule has 9 heteroatoms. The molecule has 1 atom stereocenters. The van der Waals surface area contributed by atoms with Gasteiger partial charge in [-0.1, -0.05) is 26.0 Å². The molecule has 38 heavy (non-hydrogen) atoms. The first kappa shape index (κ1) is 27.1. The molecule has 0 bridgehead atoms. The lowest BCUT2D eigenvalue weighted by Gasteiger charge is -2.22. The molecule has 1 aliphatic rings. The van der Waals surface area contributed by atoms with E-state index in [1.807, 2.05) is 26.0 Å². The summed E-state index contributed by atoms with van der Waals surface area (Å²) in [6.45, 7) is 7.97. The van der Waals surface area contributed by atoms with Crippen molar-refractivity contribution in [3.8, 4) is 16.9 Å². The van der Waals surface area contributed by atoms with Crippen LogP contribution in [-0.2, 0) is 4.79 Å². The van der Waals surface area contributed by atoms with Crippen molar-refractivity contribution in [1.29, 1.82) is 0 Å². The summed E-state index contributed by atoms with van der Waals surface area (Å²) >= 11 is 0. The van der Waals surface area contributed by atoms with Crippen LogP contribution in [0.2, 0.25) is 0 Å². The number of ether oxygens (including phenoxy) is 1. The van der Waals surface area contributed by atoms with E-state index in [4.69, 9.17) is 4.74 Å². The third-order valence-corrected chi connectivity index (χ3v) is 6.74. The smallest absolute Gasteiger partial charge is 0.256 e. The number of anilines is 1. The van der Waals surface area contributed by atoms with Gasteiger partial charge in [0.25, 0.3) is 11.8 Å². The van der Waals surface area contributed by atoms with Gasteiger partial charge in [-0.15, -0.1) is 0 Å². The number of aromatic nitrogens is 1. The van der Waals surface area contributed by atoms with Crippen molar-refractivity contribution in [2.24, 2.45) is 0 Å². The molecule has 0 aliphatic carbocycles. The first-order valence-corrected chi connectivity index (χ1v) is 12.6. The van der Waals surface area contributed by atoms with Crippen molar-refractivity contribution >= 4 is 29.2 Å². The molecule has 1 aromatic heterocycles. The van der Waals surface area contributed by atoms with Crippen LogP contribution in [0.25, 0.3) is 22.8 Å². The van der Waals surface area contributed by atoms with Gasteiger partial charge < -0.3 is 30.4 Å². The van der Waals surface area contributed by atoms with E-state index in [9.17, 15) is 19.1 Å². The molecule has 1 unspecified atom stereocenters. The number of nitrogens with one attached hydrogen (secondary N) is 3. The first-order chi connectivity index (χ1) is 18.2. The van der Waals surface area contributed by atoms with Gasteiger partial charge in [0.1, 0.15) is 11.6 Å². The van der Waals surface area contributed by atoms with Crippen molar-refractivity contribution < 1.29 is 23.8 Å². The number of hydrogen-bond donors (Lipinski definition) is 4. The lowest BCUT2D eigenvalue weighted by molar-refractivity contribution is -0.110. The quantitative estimate of drug-likeness (QED) is 0.302. The van der Waals surface area contributed by atoms with Crippen LogP contribution in [0.5, 0.6) is 5.75 Å². The molecule has 2 heterocycles. The molecule has 4 N–H and O–H groups in total. The maximum Gasteiger partial charge on any atom is 0.256 e. The molecule has 200 valence electrons. The molecule has 0 radical (unpaired) electrons. The molecule has 2 aromatic carbocycles. The second kappa shape index (κ2) is 11.6. The maximum atomic E-state index is 14.0. The minimum atomic E-state index is -0.724. The minimum Gasteiger partial charge on any atom is -0.497 e. The zero-order valence-corrected chi connectivity index (χ0v) is 22.0. The highest BCUT2D eigenvalue weighted by atomic mass is 19.1. The Balaban J connectivity index is 1.74. The summed E-state index contributed by atoms with van der Waals surface area (Å²) in [6.07, 6.45) is 0.914. The standard InChI is InChI=1S/C29H33FN4O4/c1-5-34(6-2)16-20(35)15-31-29(37)26-17(3)32-25(27(26)18-7-10-21(38-4)11-8-18)14-23-22-13-19(30)9-12-24(22)33-28(23)36/h7-14,20,32,35H,5-6,15-16H2,1-4H3,(H,31,37)(H,33,36). The van der Waals surface area contributed by atoms with Crippen molar-refractivity contribution in [2.75, 3.05) is 38.6 Å². The van der Waals surface area contributed by atoms with Crippen LogP contribution in [0, 0.1) is 12.7 Å². The van der Waals surface area contributed by atoms with Gasteiger partial charge in [0.05, 0.1) is 24.4 Å². The fourth-order valence-corrected chi connectivity index (χ4v) is 4.69. The second-order valence-corrected chi connectivity index (χ2v) is 9.19. The molecule has 1 aliphatic heterocycles. The van der Waals surface area contributed by atoms with Crippen LogP contribution in [0.3, 0.4) is 0 Å². The summed E-state index contributed by atoms with van der Waals surface area (Å²) in [6, 6.07) is 11.4. The van der Waals surface area contributed by atoms with Crippen LogP contribution in [-0.4, -0.2) is 66.2 Å². The molecule has 2 amide bonds. The Bertz CT molecular complexity index is 1360. The van der Waals surface area contributed by atoms with Crippen LogP contribution < -0.4 is 15.4 Å². The third-order valence-electron chi connectivity index (χ3n) is 6.74. The van der Waals surface area contributed by atoms with Crippen LogP contribution in [0.15, 0.2) is 42.5 Å². The largest absolute Gasteiger partial charge is 0.497 e. The Kier molecular flexibility index (Phi) is 8.29. The number of hydrogen-bond acceptors (Lipinski definition) is 5. The Labute approximate surface area is 221 Å². The molecular formula is C29H33FN4O4. The number of fused-ring (bicyclic) bond motifs is 1. The van der Waals surface area contributed by atoms with E-state index in [1.54, 1.807) is 32.2 Å². The van der Waals surface area contributed by atoms with E-state index in [0.29, 0.717) is 46.1 Å². The predicted octanol–water partition coefficient (Wildman–Crippen LogP) is 4.06. The number of carbonyl (C=O) groups is 2. The summed E-state index contributed by atoms with van der Waals surface area (Å²) in [5, 5.41) is 16.1. The summed E-state index contributed by atoms with van der Waals surface area (Å²) < 4.78 is 19.3. The Morgan fingerprint density at radius 1 is 1.18 bits per heavy atom. The van der Waals surface area contributed by atoms with Gasteiger partial charge in [0.2, 0.25) is 0 Å². The molecule has 0 spiro atoms. The van der Waals surface area contributed by atoms with E-state index in [0.717, 1.165) is 18.7 Å². The molecular weight excluding hydrogens is 487 g/mol. The lowest BCUT2D eigenvalue weighted by atomic mass is 9.97. The lowest BCUT2D eigenvalue weighted by Crippen LogP contribution is -2.40. The van der Waals surface area contributed by atoms with E-state index >= 15 is 0 Å².